The maximum absolute atomic E-state index is 12.8. The van der Waals surface area contributed by atoms with Gasteiger partial charge < -0.3 is 10.2 Å². The molecule has 1 unspecified atom stereocenters. The molecule has 0 aliphatic carbocycles. The number of anilines is 1. The van der Waals surface area contributed by atoms with Gasteiger partial charge in [-0.25, -0.2) is 0 Å². The quantitative estimate of drug-likeness (QED) is 0.714. The Morgan fingerprint density at radius 2 is 1.63 bits per heavy atom. The Morgan fingerprint density at radius 1 is 1.00 bits per heavy atom. The topological polar surface area (TPSA) is 33.5 Å². The van der Waals surface area contributed by atoms with E-state index in [2.05, 4.69) is 70.4 Å². The van der Waals surface area contributed by atoms with Crippen LogP contribution in [0.2, 0.25) is 0 Å². The zero-order chi connectivity index (χ0) is 20.0. The molecule has 0 saturated carbocycles. The van der Waals surface area contributed by atoms with Crippen LogP contribution in [0.15, 0.2) is 48.5 Å². The third kappa shape index (κ3) is 5.67. The zero-order valence-electron chi connectivity index (χ0n) is 17.7. The summed E-state index contributed by atoms with van der Waals surface area (Å²) in [7, 11) is 2.08. The number of rotatable bonds is 8. The Balaban J connectivity index is 2.02. The molecule has 2 aromatic carbocycles. The van der Waals surface area contributed by atoms with Gasteiger partial charge in [0, 0.05) is 11.3 Å². The molecule has 0 heterocycles. The number of para-hydroxylation sites is 1. The Morgan fingerprint density at radius 3 is 2.22 bits per heavy atom. The molecule has 0 saturated heterocycles. The van der Waals surface area contributed by atoms with Crippen molar-refractivity contribution in [3.63, 3.8) is 0 Å². The van der Waals surface area contributed by atoms with Crippen molar-refractivity contribution in [3.8, 4) is 0 Å². The molecule has 3 heteroatoms. The summed E-state index contributed by atoms with van der Waals surface area (Å²) in [5.74, 6) is 1.04. The maximum atomic E-state index is 12.8. The number of carbonyl (C=O) groups excluding carboxylic acids is 1. The second-order valence-electron chi connectivity index (χ2n) is 8.03. The largest absolute Gasteiger partial charge is 0.324 e. The third-order valence-corrected chi connectivity index (χ3v) is 5.62. The van der Waals surface area contributed by atoms with Crippen LogP contribution < -0.4 is 10.2 Å². The van der Waals surface area contributed by atoms with Gasteiger partial charge >= 0.3 is 0 Å². The number of benzene rings is 2. The van der Waals surface area contributed by atoms with Crippen molar-refractivity contribution in [2.24, 2.45) is 0 Å². The van der Waals surface area contributed by atoms with Crippen molar-refractivity contribution in [2.45, 2.75) is 65.5 Å². The third-order valence-electron chi connectivity index (χ3n) is 5.62. The van der Waals surface area contributed by atoms with Crippen LogP contribution >= 0.6 is 0 Å². The highest BCUT2D eigenvalue weighted by Crippen LogP contribution is 2.26. The number of quaternary nitrogens is 1. The van der Waals surface area contributed by atoms with E-state index in [0.29, 0.717) is 11.8 Å². The number of nitrogens with one attached hydrogen (secondary N) is 2. The highest BCUT2D eigenvalue weighted by molar-refractivity contribution is 5.94. The van der Waals surface area contributed by atoms with E-state index in [1.54, 1.807) is 0 Å². The summed E-state index contributed by atoms with van der Waals surface area (Å²) in [5.41, 5.74) is 4.76. The van der Waals surface area contributed by atoms with Gasteiger partial charge in [-0.3, -0.25) is 4.79 Å². The second-order valence-corrected chi connectivity index (χ2v) is 8.03. The number of amides is 1. The molecule has 0 spiro atoms. The van der Waals surface area contributed by atoms with Crippen molar-refractivity contribution in [2.75, 3.05) is 12.4 Å². The van der Waals surface area contributed by atoms with Gasteiger partial charge in [0.15, 0.2) is 6.04 Å². The van der Waals surface area contributed by atoms with Crippen LogP contribution in [0, 0.1) is 0 Å². The molecule has 0 fully saturated rings. The summed E-state index contributed by atoms with van der Waals surface area (Å²) in [4.78, 5) is 14.0. The SMILES string of the molecule is CC[C@@H](C)c1ccccc1NC(=O)[C@@H](C)[NH+](C)Cc1ccc(C(C)C)cc1. The summed E-state index contributed by atoms with van der Waals surface area (Å²) >= 11 is 0. The number of hydrogen-bond donors (Lipinski definition) is 2. The molecule has 3 atom stereocenters. The van der Waals surface area contributed by atoms with E-state index in [1.807, 2.05) is 25.1 Å². The van der Waals surface area contributed by atoms with E-state index in [-0.39, 0.29) is 11.9 Å². The lowest BCUT2D eigenvalue weighted by Crippen LogP contribution is -3.12. The van der Waals surface area contributed by atoms with E-state index >= 15 is 0 Å². The fourth-order valence-electron chi connectivity index (χ4n) is 3.22. The molecule has 2 N–H and O–H groups in total. The van der Waals surface area contributed by atoms with Gasteiger partial charge in [0.2, 0.25) is 0 Å². The lowest BCUT2D eigenvalue weighted by Gasteiger charge is -2.23. The average molecular weight is 368 g/mol. The van der Waals surface area contributed by atoms with Gasteiger partial charge in [-0.2, -0.15) is 0 Å². The normalized spacial score (nSPS) is 14.6. The van der Waals surface area contributed by atoms with Crippen molar-refractivity contribution >= 4 is 11.6 Å². The lowest BCUT2D eigenvalue weighted by atomic mass is 9.97. The number of likely N-dealkylation sites (N-methyl/N-ethyl adjacent to an activating group) is 1. The van der Waals surface area contributed by atoms with E-state index in [9.17, 15) is 4.79 Å². The summed E-state index contributed by atoms with van der Waals surface area (Å²) in [5, 5.41) is 3.16. The first kappa shape index (κ1) is 21.2. The van der Waals surface area contributed by atoms with Crippen LogP contribution in [0.5, 0.6) is 0 Å². The highest BCUT2D eigenvalue weighted by atomic mass is 16.2. The average Bonchev–Trinajstić information content (AvgIpc) is 2.67. The van der Waals surface area contributed by atoms with Crippen LogP contribution in [0.4, 0.5) is 5.69 Å². The van der Waals surface area contributed by atoms with Crippen molar-refractivity contribution in [3.05, 3.63) is 65.2 Å². The van der Waals surface area contributed by atoms with E-state index in [4.69, 9.17) is 0 Å². The van der Waals surface area contributed by atoms with E-state index in [1.165, 1.54) is 21.6 Å². The number of hydrogen-bond acceptors (Lipinski definition) is 1. The van der Waals surface area contributed by atoms with Gasteiger partial charge in [0.25, 0.3) is 5.91 Å². The molecule has 2 aromatic rings. The fraction of sp³-hybridized carbons (Fsp3) is 0.458. The van der Waals surface area contributed by atoms with Gasteiger partial charge in [-0.05, 0) is 42.4 Å². The number of carbonyl (C=O) groups is 1. The molecular formula is C24H35N2O+. The highest BCUT2D eigenvalue weighted by Gasteiger charge is 2.23. The van der Waals surface area contributed by atoms with Gasteiger partial charge in [-0.15, -0.1) is 0 Å². The van der Waals surface area contributed by atoms with Gasteiger partial charge in [0.1, 0.15) is 6.54 Å². The predicted molar refractivity (Wildman–Crippen MR) is 114 cm³/mol. The molecule has 3 nitrogen and oxygen atoms in total. The fourth-order valence-corrected chi connectivity index (χ4v) is 3.22. The van der Waals surface area contributed by atoms with Gasteiger partial charge in [0.05, 0.1) is 7.05 Å². The van der Waals surface area contributed by atoms with Crippen LogP contribution in [0.1, 0.15) is 69.6 Å². The van der Waals surface area contributed by atoms with Crippen LogP contribution in [-0.4, -0.2) is 19.0 Å². The van der Waals surface area contributed by atoms with Crippen molar-refractivity contribution in [1.29, 1.82) is 0 Å². The first-order valence-corrected chi connectivity index (χ1v) is 10.1. The first-order valence-electron chi connectivity index (χ1n) is 10.1. The van der Waals surface area contributed by atoms with E-state index < -0.39 is 0 Å². The van der Waals surface area contributed by atoms with Crippen LogP contribution in [0.25, 0.3) is 0 Å². The minimum atomic E-state index is -0.125. The summed E-state index contributed by atoms with van der Waals surface area (Å²) in [6.45, 7) is 11.6. The van der Waals surface area contributed by atoms with E-state index in [0.717, 1.165) is 18.7 Å². The molecule has 0 aliphatic rings. The summed E-state index contributed by atoms with van der Waals surface area (Å²) in [6.07, 6.45) is 1.06. The molecule has 146 valence electrons. The molecule has 0 aromatic heterocycles. The molecule has 27 heavy (non-hydrogen) atoms. The summed E-state index contributed by atoms with van der Waals surface area (Å²) in [6, 6.07) is 16.8. The Kier molecular flexibility index (Phi) is 7.61. The van der Waals surface area contributed by atoms with Crippen molar-refractivity contribution < 1.29 is 9.69 Å². The van der Waals surface area contributed by atoms with Crippen LogP contribution in [0.3, 0.4) is 0 Å². The zero-order valence-corrected chi connectivity index (χ0v) is 17.7. The predicted octanol–water partition coefficient (Wildman–Crippen LogP) is 4.37. The Bertz CT molecular complexity index is 736. The Hall–Kier alpha value is -2.13. The Labute approximate surface area is 164 Å². The second kappa shape index (κ2) is 9.70. The molecule has 2 rings (SSSR count). The molecular weight excluding hydrogens is 332 g/mol. The van der Waals surface area contributed by atoms with Crippen LogP contribution in [-0.2, 0) is 11.3 Å². The van der Waals surface area contributed by atoms with Gasteiger partial charge in [-0.1, -0.05) is 70.2 Å². The molecule has 1 amide bonds. The molecule has 0 radical (unpaired) electrons. The monoisotopic (exact) mass is 367 g/mol. The first-order chi connectivity index (χ1) is 12.8. The van der Waals surface area contributed by atoms with Crippen molar-refractivity contribution in [1.82, 2.24) is 0 Å². The maximum Gasteiger partial charge on any atom is 0.282 e. The molecule has 0 bridgehead atoms. The molecule has 0 aliphatic heterocycles. The smallest absolute Gasteiger partial charge is 0.282 e. The lowest BCUT2D eigenvalue weighted by molar-refractivity contribution is -0.907. The standard InChI is InChI=1S/C24H34N2O/c1-7-18(4)22-10-8-9-11-23(22)25-24(27)19(5)26(6)16-20-12-14-21(15-13-20)17(2)3/h8-15,17-19H,7,16H2,1-6H3,(H,25,27)/p+1/t18-,19-/m1/s1. The summed E-state index contributed by atoms with van der Waals surface area (Å²) < 4.78 is 0. The minimum Gasteiger partial charge on any atom is -0.324 e. The minimum absolute atomic E-state index is 0.0713.